The van der Waals surface area contributed by atoms with Crippen LogP contribution in [-0.4, -0.2) is 48.5 Å². The Labute approximate surface area is 182 Å². The zero-order valence-electron chi connectivity index (χ0n) is 18.1. The molecule has 2 aromatic carbocycles. The number of methoxy groups -OCH3 is 1. The van der Waals surface area contributed by atoms with Gasteiger partial charge in [-0.1, -0.05) is 24.3 Å². The van der Waals surface area contributed by atoms with Gasteiger partial charge in [0.1, 0.15) is 0 Å². The molecule has 0 saturated carbocycles. The van der Waals surface area contributed by atoms with Gasteiger partial charge in [-0.25, -0.2) is 9.48 Å². The van der Waals surface area contributed by atoms with Gasteiger partial charge < -0.3 is 14.8 Å². The zero-order valence-corrected chi connectivity index (χ0v) is 18.1. The van der Waals surface area contributed by atoms with E-state index in [-0.39, 0.29) is 18.2 Å². The van der Waals surface area contributed by atoms with Crippen LogP contribution in [0.25, 0.3) is 16.9 Å². The first-order chi connectivity index (χ1) is 15.0. The molecule has 0 aliphatic heterocycles. The van der Waals surface area contributed by atoms with E-state index >= 15 is 0 Å². The molecule has 0 radical (unpaired) electrons. The Hall–Kier alpha value is -3.45. The number of rotatable bonds is 9. The van der Waals surface area contributed by atoms with E-state index in [1.807, 2.05) is 43.3 Å². The van der Waals surface area contributed by atoms with E-state index in [0.29, 0.717) is 18.7 Å². The summed E-state index contributed by atoms with van der Waals surface area (Å²) in [5, 5.41) is 7.36. The highest BCUT2D eigenvalue weighted by Gasteiger charge is 2.19. The van der Waals surface area contributed by atoms with Gasteiger partial charge in [0, 0.05) is 31.4 Å². The fourth-order valence-corrected chi connectivity index (χ4v) is 3.21. The number of aromatic nitrogens is 2. The Kier molecular flexibility index (Phi) is 7.56. The van der Waals surface area contributed by atoms with Crippen LogP contribution in [0.15, 0.2) is 54.6 Å². The molecule has 0 unspecified atom stereocenters. The van der Waals surface area contributed by atoms with Gasteiger partial charge in [0.05, 0.1) is 18.0 Å². The van der Waals surface area contributed by atoms with Gasteiger partial charge >= 0.3 is 5.97 Å². The quantitative estimate of drug-likeness (QED) is 0.420. The van der Waals surface area contributed by atoms with Crippen molar-refractivity contribution in [1.29, 1.82) is 0 Å². The Morgan fingerprint density at radius 1 is 1.10 bits per heavy atom. The van der Waals surface area contributed by atoms with E-state index < -0.39 is 5.97 Å². The van der Waals surface area contributed by atoms with Crippen molar-refractivity contribution in [1.82, 2.24) is 15.1 Å². The van der Waals surface area contributed by atoms with Gasteiger partial charge in [-0.2, -0.15) is 5.10 Å². The number of carbonyl (C=O) groups is 2. The first kappa shape index (κ1) is 22.2. The smallest absolute Gasteiger partial charge is 0.358 e. The number of ether oxygens (including phenoxy) is 2. The molecular weight excluding hydrogens is 394 g/mol. The SMILES string of the molecule is CCOC(=O)c1cc(-c2ccccc2C)n(-c2ccc(C(=O)NCCCOC)cc2)n1. The van der Waals surface area contributed by atoms with Gasteiger partial charge in [0.2, 0.25) is 0 Å². The number of esters is 1. The normalized spacial score (nSPS) is 10.7. The van der Waals surface area contributed by atoms with Crippen LogP contribution in [0.1, 0.15) is 39.8 Å². The number of carbonyl (C=O) groups excluding carboxylic acids is 2. The van der Waals surface area contributed by atoms with Crippen LogP contribution in [0.2, 0.25) is 0 Å². The monoisotopic (exact) mass is 421 g/mol. The van der Waals surface area contributed by atoms with E-state index in [0.717, 1.165) is 28.9 Å². The fraction of sp³-hybridized carbons (Fsp3) is 0.292. The predicted octanol–water partition coefficient (Wildman–Crippen LogP) is 3.79. The third-order valence-corrected chi connectivity index (χ3v) is 4.80. The Morgan fingerprint density at radius 3 is 2.52 bits per heavy atom. The first-order valence-electron chi connectivity index (χ1n) is 10.3. The minimum Gasteiger partial charge on any atom is -0.461 e. The molecule has 7 nitrogen and oxygen atoms in total. The van der Waals surface area contributed by atoms with E-state index in [9.17, 15) is 9.59 Å². The third-order valence-electron chi connectivity index (χ3n) is 4.80. The van der Waals surface area contributed by atoms with Crippen LogP contribution in [0.3, 0.4) is 0 Å². The van der Waals surface area contributed by atoms with E-state index in [1.165, 1.54) is 0 Å². The van der Waals surface area contributed by atoms with Gasteiger partial charge in [-0.3, -0.25) is 4.79 Å². The van der Waals surface area contributed by atoms with Crippen molar-refractivity contribution in [3.8, 4) is 16.9 Å². The largest absolute Gasteiger partial charge is 0.461 e. The summed E-state index contributed by atoms with van der Waals surface area (Å²) in [5.41, 5.74) is 4.33. The van der Waals surface area contributed by atoms with Gasteiger partial charge in [0.15, 0.2) is 5.69 Å². The summed E-state index contributed by atoms with van der Waals surface area (Å²) < 4.78 is 11.8. The maximum Gasteiger partial charge on any atom is 0.358 e. The molecule has 3 rings (SSSR count). The van der Waals surface area contributed by atoms with Gasteiger partial charge in [-0.15, -0.1) is 0 Å². The third kappa shape index (κ3) is 5.38. The maximum absolute atomic E-state index is 12.3. The number of benzene rings is 2. The molecule has 0 saturated heterocycles. The number of nitrogens with zero attached hydrogens (tertiary/aromatic N) is 2. The van der Waals surface area contributed by atoms with Crippen LogP contribution in [0.5, 0.6) is 0 Å². The highest BCUT2D eigenvalue weighted by Crippen LogP contribution is 2.27. The molecule has 3 aromatic rings. The Bertz CT molecular complexity index is 1040. The molecule has 31 heavy (non-hydrogen) atoms. The average molecular weight is 421 g/mol. The second kappa shape index (κ2) is 10.5. The molecule has 0 atom stereocenters. The van der Waals surface area contributed by atoms with Gasteiger partial charge in [0.25, 0.3) is 5.91 Å². The van der Waals surface area contributed by atoms with Crippen LogP contribution in [0.4, 0.5) is 0 Å². The van der Waals surface area contributed by atoms with Crippen LogP contribution in [0, 0.1) is 6.92 Å². The summed E-state index contributed by atoms with van der Waals surface area (Å²) in [4.78, 5) is 24.6. The molecule has 162 valence electrons. The number of amides is 1. The molecule has 1 heterocycles. The highest BCUT2D eigenvalue weighted by atomic mass is 16.5. The summed E-state index contributed by atoms with van der Waals surface area (Å²) >= 11 is 0. The lowest BCUT2D eigenvalue weighted by atomic mass is 10.1. The molecule has 7 heteroatoms. The molecular formula is C24H27N3O4. The fourth-order valence-electron chi connectivity index (χ4n) is 3.21. The summed E-state index contributed by atoms with van der Waals surface area (Å²) in [5.74, 6) is -0.613. The minimum absolute atomic E-state index is 0.144. The Balaban J connectivity index is 1.91. The van der Waals surface area contributed by atoms with Crippen LogP contribution >= 0.6 is 0 Å². The molecule has 0 spiro atoms. The van der Waals surface area contributed by atoms with Crippen molar-refractivity contribution in [3.05, 3.63) is 71.4 Å². The lowest BCUT2D eigenvalue weighted by Gasteiger charge is -2.11. The van der Waals surface area contributed by atoms with Crippen LogP contribution < -0.4 is 5.32 Å². The topological polar surface area (TPSA) is 82.5 Å². The number of nitrogens with one attached hydrogen (secondary N) is 1. The number of aryl methyl sites for hydroxylation is 1. The average Bonchev–Trinajstić information content (AvgIpc) is 3.22. The highest BCUT2D eigenvalue weighted by molar-refractivity contribution is 5.94. The van der Waals surface area contributed by atoms with Crippen molar-refractivity contribution >= 4 is 11.9 Å². The van der Waals surface area contributed by atoms with Gasteiger partial charge in [-0.05, 0) is 56.2 Å². The van der Waals surface area contributed by atoms with Crippen molar-refractivity contribution in [2.45, 2.75) is 20.3 Å². The maximum atomic E-state index is 12.3. The summed E-state index contributed by atoms with van der Waals surface area (Å²) in [6, 6.07) is 16.8. The first-order valence-corrected chi connectivity index (χ1v) is 10.3. The molecule has 0 aliphatic rings. The molecule has 1 N–H and O–H groups in total. The zero-order chi connectivity index (χ0) is 22.2. The van der Waals surface area contributed by atoms with Crippen LogP contribution in [-0.2, 0) is 9.47 Å². The molecule has 1 aromatic heterocycles. The Morgan fingerprint density at radius 2 is 1.84 bits per heavy atom. The van der Waals surface area contributed by atoms with Crippen molar-refractivity contribution < 1.29 is 19.1 Å². The summed E-state index contributed by atoms with van der Waals surface area (Å²) in [7, 11) is 1.63. The molecule has 0 aliphatic carbocycles. The number of hydrogen-bond donors (Lipinski definition) is 1. The lowest BCUT2D eigenvalue weighted by molar-refractivity contribution is 0.0518. The summed E-state index contributed by atoms with van der Waals surface area (Å²) in [6.45, 7) is 5.19. The number of hydrogen-bond acceptors (Lipinski definition) is 5. The second-order valence-electron chi connectivity index (χ2n) is 7.01. The summed E-state index contributed by atoms with van der Waals surface area (Å²) in [6.07, 6.45) is 0.754. The molecule has 1 amide bonds. The molecule has 0 fully saturated rings. The van der Waals surface area contributed by atoms with E-state index in [2.05, 4.69) is 10.4 Å². The standard InChI is InChI=1S/C24H27N3O4/c1-4-31-24(29)21-16-22(20-9-6-5-8-17(20)2)27(26-21)19-12-10-18(11-13-19)23(28)25-14-7-15-30-3/h5-6,8-13,16H,4,7,14-15H2,1-3H3,(H,25,28). The van der Waals surface area contributed by atoms with Crippen molar-refractivity contribution in [2.75, 3.05) is 26.9 Å². The van der Waals surface area contributed by atoms with Crippen molar-refractivity contribution in [2.24, 2.45) is 0 Å². The van der Waals surface area contributed by atoms with E-state index in [4.69, 9.17) is 9.47 Å². The minimum atomic E-state index is -0.469. The molecule has 0 bridgehead atoms. The second-order valence-corrected chi connectivity index (χ2v) is 7.01. The van der Waals surface area contributed by atoms with E-state index in [1.54, 1.807) is 36.9 Å². The van der Waals surface area contributed by atoms with Crippen molar-refractivity contribution in [3.63, 3.8) is 0 Å². The predicted molar refractivity (Wildman–Crippen MR) is 119 cm³/mol. The lowest BCUT2D eigenvalue weighted by Crippen LogP contribution is -2.25.